The van der Waals surface area contributed by atoms with E-state index in [0.29, 0.717) is 24.9 Å². The molecule has 1 amide bonds. The molecule has 2 unspecified atom stereocenters. The SMILES string of the molecule is CCCCC(CCC)NC(=O)CCC(C)CN. The lowest BCUT2D eigenvalue weighted by Gasteiger charge is -2.18. The summed E-state index contributed by atoms with van der Waals surface area (Å²) in [4.78, 5) is 11.8. The average molecular weight is 242 g/mol. The number of nitrogens with one attached hydrogen (secondary N) is 1. The maximum atomic E-state index is 11.8. The van der Waals surface area contributed by atoms with Crippen molar-refractivity contribution in [1.29, 1.82) is 0 Å². The Kier molecular flexibility index (Phi) is 10.2. The first-order chi connectivity index (χ1) is 8.13. The Morgan fingerprint density at radius 2 is 1.88 bits per heavy atom. The van der Waals surface area contributed by atoms with Crippen LogP contribution < -0.4 is 11.1 Å². The van der Waals surface area contributed by atoms with Gasteiger partial charge in [-0.25, -0.2) is 0 Å². The molecular weight excluding hydrogens is 212 g/mol. The number of hydrogen-bond donors (Lipinski definition) is 2. The van der Waals surface area contributed by atoms with Crippen molar-refractivity contribution in [1.82, 2.24) is 5.32 Å². The highest BCUT2D eigenvalue weighted by Crippen LogP contribution is 2.08. The molecular formula is C14H30N2O. The molecule has 3 heteroatoms. The first-order valence-corrected chi connectivity index (χ1v) is 7.13. The molecule has 0 heterocycles. The second kappa shape index (κ2) is 10.6. The summed E-state index contributed by atoms with van der Waals surface area (Å²) in [5, 5.41) is 3.15. The van der Waals surface area contributed by atoms with Gasteiger partial charge in [0.25, 0.3) is 0 Å². The van der Waals surface area contributed by atoms with Gasteiger partial charge >= 0.3 is 0 Å². The molecule has 102 valence electrons. The van der Waals surface area contributed by atoms with Crippen LogP contribution in [0.2, 0.25) is 0 Å². The first-order valence-electron chi connectivity index (χ1n) is 7.13. The van der Waals surface area contributed by atoms with Crippen molar-refractivity contribution in [2.75, 3.05) is 6.54 Å². The van der Waals surface area contributed by atoms with E-state index in [1.807, 2.05) is 0 Å². The van der Waals surface area contributed by atoms with Crippen LogP contribution in [0, 0.1) is 5.92 Å². The fraction of sp³-hybridized carbons (Fsp3) is 0.929. The predicted molar refractivity (Wildman–Crippen MR) is 73.8 cm³/mol. The highest BCUT2D eigenvalue weighted by Gasteiger charge is 2.11. The molecule has 0 aliphatic heterocycles. The first kappa shape index (κ1) is 16.4. The maximum Gasteiger partial charge on any atom is 0.220 e. The van der Waals surface area contributed by atoms with Crippen LogP contribution in [0.15, 0.2) is 0 Å². The largest absolute Gasteiger partial charge is 0.353 e. The zero-order valence-electron chi connectivity index (χ0n) is 11.8. The number of hydrogen-bond acceptors (Lipinski definition) is 2. The second-order valence-electron chi connectivity index (χ2n) is 5.07. The highest BCUT2D eigenvalue weighted by molar-refractivity contribution is 5.76. The third-order valence-electron chi connectivity index (χ3n) is 3.17. The van der Waals surface area contributed by atoms with Crippen LogP contribution in [0.5, 0.6) is 0 Å². The standard InChI is InChI=1S/C14H30N2O/c1-4-6-8-13(7-5-2)16-14(17)10-9-12(3)11-15/h12-13H,4-11,15H2,1-3H3,(H,16,17). The van der Waals surface area contributed by atoms with Crippen LogP contribution in [-0.4, -0.2) is 18.5 Å². The van der Waals surface area contributed by atoms with Crippen LogP contribution in [0.1, 0.15) is 65.7 Å². The molecule has 0 aliphatic rings. The van der Waals surface area contributed by atoms with Gasteiger partial charge in [-0.1, -0.05) is 40.0 Å². The van der Waals surface area contributed by atoms with Crippen molar-refractivity contribution in [2.45, 2.75) is 71.8 Å². The van der Waals surface area contributed by atoms with Crippen molar-refractivity contribution in [3.8, 4) is 0 Å². The summed E-state index contributed by atoms with van der Waals surface area (Å²) in [6, 6.07) is 0.376. The molecule has 0 spiro atoms. The van der Waals surface area contributed by atoms with Crippen molar-refractivity contribution >= 4 is 5.91 Å². The number of carbonyl (C=O) groups is 1. The summed E-state index contributed by atoms with van der Waals surface area (Å²) in [7, 11) is 0. The molecule has 0 aromatic rings. The maximum absolute atomic E-state index is 11.8. The van der Waals surface area contributed by atoms with Crippen molar-refractivity contribution in [3.05, 3.63) is 0 Å². The molecule has 0 aliphatic carbocycles. The van der Waals surface area contributed by atoms with E-state index in [0.717, 1.165) is 25.7 Å². The van der Waals surface area contributed by atoms with Gasteiger partial charge in [-0.05, 0) is 31.7 Å². The Hall–Kier alpha value is -0.570. The third kappa shape index (κ3) is 9.16. The van der Waals surface area contributed by atoms with E-state index in [1.165, 1.54) is 12.8 Å². The van der Waals surface area contributed by atoms with Gasteiger partial charge in [0.2, 0.25) is 5.91 Å². The molecule has 0 saturated carbocycles. The Morgan fingerprint density at radius 3 is 2.41 bits per heavy atom. The van der Waals surface area contributed by atoms with Gasteiger partial charge < -0.3 is 11.1 Å². The lowest BCUT2D eigenvalue weighted by atomic mass is 10.0. The number of amides is 1. The molecule has 0 bridgehead atoms. The van der Waals surface area contributed by atoms with Crippen molar-refractivity contribution < 1.29 is 4.79 Å². The lowest BCUT2D eigenvalue weighted by molar-refractivity contribution is -0.122. The quantitative estimate of drug-likeness (QED) is 0.619. The summed E-state index contributed by atoms with van der Waals surface area (Å²) >= 11 is 0. The zero-order valence-corrected chi connectivity index (χ0v) is 11.8. The molecule has 0 saturated heterocycles. The Bertz CT molecular complexity index is 195. The minimum absolute atomic E-state index is 0.194. The normalized spacial score (nSPS) is 14.4. The molecule has 0 aromatic carbocycles. The van der Waals surface area contributed by atoms with Crippen LogP contribution >= 0.6 is 0 Å². The Balaban J connectivity index is 3.85. The summed E-state index contributed by atoms with van der Waals surface area (Å²) in [5.41, 5.74) is 5.54. The van der Waals surface area contributed by atoms with E-state index in [1.54, 1.807) is 0 Å². The van der Waals surface area contributed by atoms with Crippen molar-refractivity contribution in [2.24, 2.45) is 11.7 Å². The van der Waals surface area contributed by atoms with Gasteiger partial charge in [0.15, 0.2) is 0 Å². The third-order valence-corrected chi connectivity index (χ3v) is 3.17. The minimum atomic E-state index is 0.194. The summed E-state index contributed by atoms with van der Waals surface area (Å²) in [5.74, 6) is 0.640. The molecule has 0 fully saturated rings. The number of rotatable bonds is 10. The molecule has 17 heavy (non-hydrogen) atoms. The Morgan fingerprint density at radius 1 is 1.18 bits per heavy atom. The summed E-state index contributed by atoms with van der Waals surface area (Å²) < 4.78 is 0. The van der Waals surface area contributed by atoms with Gasteiger partial charge in [-0.2, -0.15) is 0 Å². The van der Waals surface area contributed by atoms with E-state index in [9.17, 15) is 4.79 Å². The van der Waals surface area contributed by atoms with Crippen LogP contribution in [0.4, 0.5) is 0 Å². The average Bonchev–Trinajstić information content (AvgIpc) is 2.33. The predicted octanol–water partition coefficient (Wildman–Crippen LogP) is 2.84. The van der Waals surface area contributed by atoms with E-state index in [4.69, 9.17) is 5.73 Å². The number of carbonyl (C=O) groups excluding carboxylic acids is 1. The molecule has 3 nitrogen and oxygen atoms in total. The second-order valence-corrected chi connectivity index (χ2v) is 5.07. The van der Waals surface area contributed by atoms with Crippen LogP contribution in [0.25, 0.3) is 0 Å². The summed E-state index contributed by atoms with van der Waals surface area (Å²) in [6.07, 6.45) is 7.25. The lowest BCUT2D eigenvalue weighted by Crippen LogP contribution is -2.35. The fourth-order valence-electron chi connectivity index (χ4n) is 1.88. The van der Waals surface area contributed by atoms with Gasteiger partial charge in [0, 0.05) is 12.5 Å². The van der Waals surface area contributed by atoms with E-state index in [-0.39, 0.29) is 5.91 Å². The van der Waals surface area contributed by atoms with Gasteiger partial charge in [-0.3, -0.25) is 4.79 Å². The zero-order chi connectivity index (χ0) is 13.1. The van der Waals surface area contributed by atoms with E-state index < -0.39 is 0 Å². The molecule has 0 rings (SSSR count). The molecule has 0 aromatic heterocycles. The topological polar surface area (TPSA) is 55.1 Å². The van der Waals surface area contributed by atoms with E-state index in [2.05, 4.69) is 26.1 Å². The number of nitrogens with two attached hydrogens (primary N) is 1. The van der Waals surface area contributed by atoms with Gasteiger partial charge in [0.05, 0.1) is 0 Å². The molecule has 0 radical (unpaired) electrons. The monoisotopic (exact) mass is 242 g/mol. The van der Waals surface area contributed by atoms with Gasteiger partial charge in [-0.15, -0.1) is 0 Å². The van der Waals surface area contributed by atoms with Crippen molar-refractivity contribution in [3.63, 3.8) is 0 Å². The van der Waals surface area contributed by atoms with Crippen LogP contribution in [0.3, 0.4) is 0 Å². The smallest absolute Gasteiger partial charge is 0.220 e. The minimum Gasteiger partial charge on any atom is -0.353 e. The van der Waals surface area contributed by atoms with Crippen LogP contribution in [-0.2, 0) is 4.79 Å². The number of unbranched alkanes of at least 4 members (excludes halogenated alkanes) is 1. The fourth-order valence-corrected chi connectivity index (χ4v) is 1.88. The molecule has 3 N–H and O–H groups in total. The molecule has 2 atom stereocenters. The van der Waals surface area contributed by atoms with Gasteiger partial charge in [0.1, 0.15) is 0 Å². The Labute approximate surface area is 107 Å². The summed E-state index contributed by atoms with van der Waals surface area (Å²) in [6.45, 7) is 7.12. The highest BCUT2D eigenvalue weighted by atomic mass is 16.1. The van der Waals surface area contributed by atoms with E-state index >= 15 is 0 Å².